The Balaban J connectivity index is 3.32. The molecule has 1 unspecified atom stereocenters. The molecule has 0 radical (unpaired) electrons. The second-order valence-electron chi connectivity index (χ2n) is 3.73. The van der Waals surface area contributed by atoms with E-state index < -0.39 is 16.9 Å². The van der Waals surface area contributed by atoms with Crippen LogP contribution in [0.25, 0.3) is 0 Å². The lowest BCUT2D eigenvalue weighted by Crippen LogP contribution is -2.33. The largest absolute Gasteiger partial charge is 0.493 e. The van der Waals surface area contributed by atoms with Crippen molar-refractivity contribution in [1.29, 1.82) is 0 Å². The van der Waals surface area contributed by atoms with Crippen LogP contribution in [0.3, 0.4) is 0 Å². The van der Waals surface area contributed by atoms with Gasteiger partial charge in [0.15, 0.2) is 12.0 Å². The van der Waals surface area contributed by atoms with Gasteiger partial charge in [0.2, 0.25) is 11.5 Å². The summed E-state index contributed by atoms with van der Waals surface area (Å²) in [6, 6.07) is 2.41. The summed E-state index contributed by atoms with van der Waals surface area (Å²) in [6.45, 7) is 1.94. The SMILES string of the molecule is CCOC(N)C(=O)c1cc(OC)c(OC)c([N+](=O)[O-])c1. The van der Waals surface area contributed by atoms with Gasteiger partial charge in [-0.2, -0.15) is 0 Å². The summed E-state index contributed by atoms with van der Waals surface area (Å²) in [7, 11) is 2.59. The third-order valence-corrected chi connectivity index (χ3v) is 2.55. The molecule has 0 fully saturated rings. The number of nitro benzene ring substituents is 1. The molecule has 1 atom stereocenters. The standard InChI is InChI=1S/C12H16N2O6/c1-4-20-12(13)10(15)7-5-8(14(16)17)11(19-3)9(6-7)18-2/h5-6,12H,4,13H2,1-3H3. The summed E-state index contributed by atoms with van der Waals surface area (Å²) >= 11 is 0. The third-order valence-electron chi connectivity index (χ3n) is 2.55. The Kier molecular flexibility index (Phi) is 5.42. The number of carbonyl (C=O) groups is 1. The van der Waals surface area contributed by atoms with E-state index in [0.717, 1.165) is 6.07 Å². The predicted molar refractivity (Wildman–Crippen MR) is 70.1 cm³/mol. The first kappa shape index (κ1) is 15.9. The normalized spacial score (nSPS) is 11.8. The number of hydrogen-bond acceptors (Lipinski definition) is 7. The van der Waals surface area contributed by atoms with Gasteiger partial charge in [-0.3, -0.25) is 20.6 Å². The molecule has 0 saturated heterocycles. The van der Waals surface area contributed by atoms with E-state index in [-0.39, 0.29) is 29.4 Å². The zero-order valence-electron chi connectivity index (χ0n) is 11.4. The van der Waals surface area contributed by atoms with E-state index in [1.54, 1.807) is 6.92 Å². The minimum absolute atomic E-state index is 0.0234. The van der Waals surface area contributed by atoms with Crippen LogP contribution >= 0.6 is 0 Å². The van der Waals surface area contributed by atoms with Crippen molar-refractivity contribution < 1.29 is 23.9 Å². The molecule has 0 bridgehead atoms. The van der Waals surface area contributed by atoms with Gasteiger partial charge >= 0.3 is 5.69 Å². The summed E-state index contributed by atoms with van der Waals surface area (Å²) in [5.41, 5.74) is 5.18. The molecule has 0 amide bonds. The molecule has 1 aromatic rings. The Bertz CT molecular complexity index is 517. The Morgan fingerprint density at radius 2 is 2.05 bits per heavy atom. The maximum absolute atomic E-state index is 12.0. The number of rotatable bonds is 7. The van der Waals surface area contributed by atoms with Crippen molar-refractivity contribution in [2.45, 2.75) is 13.2 Å². The number of ketones is 1. The topological polar surface area (TPSA) is 114 Å². The Hall–Kier alpha value is -2.19. The second kappa shape index (κ2) is 6.83. The average molecular weight is 284 g/mol. The number of nitrogens with zero attached hydrogens (tertiary/aromatic N) is 1. The van der Waals surface area contributed by atoms with Crippen molar-refractivity contribution >= 4 is 11.5 Å². The van der Waals surface area contributed by atoms with E-state index in [1.165, 1.54) is 20.3 Å². The van der Waals surface area contributed by atoms with Gasteiger partial charge in [-0.05, 0) is 13.0 Å². The van der Waals surface area contributed by atoms with Crippen molar-refractivity contribution in [1.82, 2.24) is 0 Å². The van der Waals surface area contributed by atoms with E-state index in [1.807, 2.05) is 0 Å². The maximum Gasteiger partial charge on any atom is 0.315 e. The summed E-state index contributed by atoms with van der Waals surface area (Å²) in [5, 5.41) is 11.0. The van der Waals surface area contributed by atoms with Gasteiger partial charge in [-0.1, -0.05) is 0 Å². The molecule has 2 N–H and O–H groups in total. The highest BCUT2D eigenvalue weighted by Crippen LogP contribution is 2.38. The zero-order valence-corrected chi connectivity index (χ0v) is 11.4. The highest BCUT2D eigenvalue weighted by molar-refractivity contribution is 6.00. The minimum Gasteiger partial charge on any atom is -0.493 e. The van der Waals surface area contributed by atoms with Crippen LogP contribution in [0.15, 0.2) is 12.1 Å². The lowest BCUT2D eigenvalue weighted by atomic mass is 10.1. The number of nitrogens with two attached hydrogens (primary N) is 1. The Labute approximate surface area is 115 Å². The third kappa shape index (κ3) is 3.22. The quantitative estimate of drug-likeness (QED) is 0.345. The van der Waals surface area contributed by atoms with E-state index in [0.29, 0.717) is 0 Å². The van der Waals surface area contributed by atoms with E-state index in [4.69, 9.17) is 19.9 Å². The molecule has 0 aliphatic rings. The molecule has 0 heterocycles. The summed E-state index contributed by atoms with van der Waals surface area (Å²) in [4.78, 5) is 22.4. The van der Waals surface area contributed by atoms with Crippen LogP contribution in [0.5, 0.6) is 11.5 Å². The monoisotopic (exact) mass is 284 g/mol. The van der Waals surface area contributed by atoms with E-state index in [9.17, 15) is 14.9 Å². The van der Waals surface area contributed by atoms with Crippen molar-refractivity contribution in [2.75, 3.05) is 20.8 Å². The van der Waals surface area contributed by atoms with Gasteiger partial charge in [-0.25, -0.2) is 0 Å². The molecule has 0 aliphatic carbocycles. The van der Waals surface area contributed by atoms with Crippen molar-refractivity contribution in [3.8, 4) is 11.5 Å². The van der Waals surface area contributed by atoms with Gasteiger partial charge in [0.1, 0.15) is 0 Å². The predicted octanol–water partition coefficient (Wildman–Crippen LogP) is 1.12. The van der Waals surface area contributed by atoms with Crippen LogP contribution in [-0.4, -0.2) is 37.8 Å². The van der Waals surface area contributed by atoms with Crippen molar-refractivity contribution in [3.63, 3.8) is 0 Å². The van der Waals surface area contributed by atoms with Gasteiger partial charge in [0.25, 0.3) is 0 Å². The summed E-state index contributed by atoms with van der Waals surface area (Å²) in [5.74, 6) is -0.552. The molecular weight excluding hydrogens is 268 g/mol. The molecule has 8 heteroatoms. The van der Waals surface area contributed by atoms with Crippen LogP contribution in [-0.2, 0) is 4.74 Å². The Morgan fingerprint density at radius 1 is 1.40 bits per heavy atom. The van der Waals surface area contributed by atoms with Crippen LogP contribution < -0.4 is 15.2 Å². The van der Waals surface area contributed by atoms with Crippen LogP contribution in [0.1, 0.15) is 17.3 Å². The highest BCUT2D eigenvalue weighted by atomic mass is 16.6. The molecule has 20 heavy (non-hydrogen) atoms. The molecule has 1 rings (SSSR count). The van der Waals surface area contributed by atoms with E-state index in [2.05, 4.69) is 0 Å². The first-order valence-electron chi connectivity index (χ1n) is 5.78. The fourth-order valence-electron chi connectivity index (χ4n) is 1.64. The summed E-state index contributed by atoms with van der Waals surface area (Å²) in [6.07, 6.45) is -1.18. The average Bonchev–Trinajstić information content (AvgIpc) is 2.44. The van der Waals surface area contributed by atoms with Gasteiger partial charge in [-0.15, -0.1) is 0 Å². The number of Topliss-reactive ketones (excluding diaryl/α,β-unsaturated/α-hetero) is 1. The second-order valence-corrected chi connectivity index (χ2v) is 3.73. The number of ether oxygens (including phenoxy) is 3. The molecule has 8 nitrogen and oxygen atoms in total. The van der Waals surface area contributed by atoms with Crippen molar-refractivity contribution in [2.24, 2.45) is 5.73 Å². The van der Waals surface area contributed by atoms with E-state index >= 15 is 0 Å². The molecule has 0 spiro atoms. The van der Waals surface area contributed by atoms with Crippen LogP contribution in [0.2, 0.25) is 0 Å². The number of benzene rings is 1. The maximum atomic E-state index is 12.0. The molecule has 1 aromatic carbocycles. The first-order chi connectivity index (χ1) is 9.46. The lowest BCUT2D eigenvalue weighted by Gasteiger charge is -2.13. The van der Waals surface area contributed by atoms with Gasteiger partial charge < -0.3 is 14.2 Å². The number of methoxy groups -OCH3 is 2. The molecule has 0 aliphatic heterocycles. The zero-order chi connectivity index (χ0) is 15.3. The van der Waals surface area contributed by atoms with Gasteiger partial charge in [0, 0.05) is 18.2 Å². The minimum atomic E-state index is -1.18. The molecule has 110 valence electrons. The summed E-state index contributed by atoms with van der Waals surface area (Å²) < 4.78 is 14.9. The van der Waals surface area contributed by atoms with Gasteiger partial charge in [0.05, 0.1) is 19.1 Å². The molecular formula is C12H16N2O6. The number of nitro groups is 1. The number of hydrogen-bond donors (Lipinski definition) is 1. The van der Waals surface area contributed by atoms with Crippen LogP contribution in [0, 0.1) is 10.1 Å². The fourth-order valence-corrected chi connectivity index (χ4v) is 1.64. The highest BCUT2D eigenvalue weighted by Gasteiger charge is 2.26. The smallest absolute Gasteiger partial charge is 0.315 e. The molecule has 0 aromatic heterocycles. The molecule has 0 saturated carbocycles. The fraction of sp³-hybridized carbons (Fsp3) is 0.417. The number of carbonyl (C=O) groups excluding carboxylic acids is 1. The first-order valence-corrected chi connectivity index (χ1v) is 5.78. The Morgan fingerprint density at radius 3 is 2.50 bits per heavy atom. The van der Waals surface area contributed by atoms with Crippen LogP contribution in [0.4, 0.5) is 5.69 Å². The van der Waals surface area contributed by atoms with Crippen molar-refractivity contribution in [3.05, 3.63) is 27.8 Å². The lowest BCUT2D eigenvalue weighted by molar-refractivity contribution is -0.385.